The molecule has 2 rings (SSSR count). The van der Waals surface area contributed by atoms with Crippen molar-refractivity contribution in [3.05, 3.63) is 29.3 Å². The molecule has 0 spiro atoms. The lowest BCUT2D eigenvalue weighted by molar-refractivity contribution is -0.137. The topological polar surface area (TPSA) is 55.1 Å². The van der Waals surface area contributed by atoms with Gasteiger partial charge in [0, 0.05) is 11.5 Å². The van der Waals surface area contributed by atoms with Gasteiger partial charge in [-0.05, 0) is 31.0 Å². The minimum absolute atomic E-state index is 0.0335. The number of hydrogen-bond acceptors (Lipinski definition) is 2. The maximum absolute atomic E-state index is 12.7. The van der Waals surface area contributed by atoms with Crippen molar-refractivity contribution in [2.45, 2.75) is 31.9 Å². The summed E-state index contributed by atoms with van der Waals surface area (Å²) in [6.07, 6.45) is -0.891. The molecule has 0 aromatic heterocycles. The van der Waals surface area contributed by atoms with Crippen molar-refractivity contribution < 1.29 is 18.0 Å². The first-order chi connectivity index (χ1) is 9.79. The van der Waals surface area contributed by atoms with Gasteiger partial charge in [0.25, 0.3) is 0 Å². The van der Waals surface area contributed by atoms with E-state index < -0.39 is 11.7 Å². The zero-order chi connectivity index (χ0) is 15.6. The zero-order valence-electron chi connectivity index (χ0n) is 11.2. The number of nitrogens with one attached hydrogen (secondary N) is 1. The average molecular weight is 316 g/mol. The Morgan fingerprint density at radius 2 is 1.90 bits per heavy atom. The summed E-state index contributed by atoms with van der Waals surface area (Å²) in [7, 11) is 0. The number of nitrogens with two attached hydrogens (primary N) is 1. The molecule has 0 bridgehead atoms. The van der Waals surface area contributed by atoms with E-state index in [1.807, 2.05) is 0 Å². The fourth-order valence-electron chi connectivity index (χ4n) is 2.46. The zero-order valence-corrected chi connectivity index (χ0v) is 12.0. The number of hydrogen-bond donors (Lipinski definition) is 2. The molecule has 0 heterocycles. The maximum atomic E-state index is 12.7. The highest BCUT2D eigenvalue weighted by molar-refractivity contribution is 7.80. The highest BCUT2D eigenvalue weighted by atomic mass is 32.1. The maximum Gasteiger partial charge on any atom is 0.416 e. The lowest BCUT2D eigenvalue weighted by Crippen LogP contribution is -2.23. The normalized spacial score (nSPS) is 16.0. The van der Waals surface area contributed by atoms with Gasteiger partial charge < -0.3 is 11.1 Å². The van der Waals surface area contributed by atoms with E-state index in [2.05, 4.69) is 5.32 Å². The monoisotopic (exact) mass is 316 g/mol. The second-order valence-electron chi connectivity index (χ2n) is 5.09. The van der Waals surface area contributed by atoms with Crippen molar-refractivity contribution in [1.29, 1.82) is 0 Å². The highest BCUT2D eigenvalue weighted by Gasteiger charge is 2.31. The molecule has 1 aliphatic carbocycles. The summed E-state index contributed by atoms with van der Waals surface area (Å²) >= 11 is 4.78. The van der Waals surface area contributed by atoms with Crippen molar-refractivity contribution in [2.75, 3.05) is 5.32 Å². The predicted octanol–water partition coefficient (Wildman–Crippen LogP) is 3.47. The number of anilines is 1. The van der Waals surface area contributed by atoms with Gasteiger partial charge in [0.15, 0.2) is 0 Å². The number of rotatable bonds is 3. The summed E-state index contributed by atoms with van der Waals surface area (Å²) in [5.41, 5.74) is 4.89. The van der Waals surface area contributed by atoms with E-state index in [-0.39, 0.29) is 28.1 Å². The number of benzene rings is 1. The Balaban J connectivity index is 2.26. The molecule has 114 valence electrons. The fourth-order valence-corrected chi connectivity index (χ4v) is 2.63. The molecule has 0 radical (unpaired) electrons. The van der Waals surface area contributed by atoms with Crippen molar-refractivity contribution in [3.8, 4) is 0 Å². The molecular formula is C14H15F3N2OS. The molecule has 1 aliphatic rings. The highest BCUT2D eigenvalue weighted by Crippen LogP contribution is 2.32. The molecule has 21 heavy (non-hydrogen) atoms. The van der Waals surface area contributed by atoms with Crippen LogP contribution >= 0.6 is 12.2 Å². The minimum Gasteiger partial charge on any atom is -0.389 e. The van der Waals surface area contributed by atoms with E-state index in [4.69, 9.17) is 18.0 Å². The van der Waals surface area contributed by atoms with Crippen LogP contribution in [0.15, 0.2) is 18.2 Å². The Kier molecular flexibility index (Phi) is 4.51. The Labute approximate surface area is 125 Å². The minimum atomic E-state index is -4.48. The number of halogens is 3. The Morgan fingerprint density at radius 1 is 1.29 bits per heavy atom. The molecule has 1 saturated carbocycles. The van der Waals surface area contributed by atoms with Gasteiger partial charge in [0.05, 0.1) is 11.3 Å². The van der Waals surface area contributed by atoms with Gasteiger partial charge in [-0.25, -0.2) is 0 Å². The van der Waals surface area contributed by atoms with Crippen molar-refractivity contribution in [2.24, 2.45) is 11.7 Å². The van der Waals surface area contributed by atoms with Crippen LogP contribution in [0.3, 0.4) is 0 Å². The summed E-state index contributed by atoms with van der Waals surface area (Å²) in [5.74, 6) is -0.281. The van der Waals surface area contributed by atoms with Crippen LogP contribution < -0.4 is 11.1 Å². The van der Waals surface area contributed by atoms with Gasteiger partial charge in [-0.15, -0.1) is 0 Å². The standard InChI is InChI=1S/C14H15F3N2OS/c15-14(16,17)9-5-6-11(10(7-9)12(18)21)19-13(20)8-3-1-2-4-8/h5-8H,1-4H2,(H2,18,21)(H,19,20). The molecule has 7 heteroatoms. The molecule has 0 aliphatic heterocycles. The van der Waals surface area contributed by atoms with Gasteiger partial charge >= 0.3 is 6.18 Å². The van der Waals surface area contributed by atoms with Gasteiger partial charge in [0.1, 0.15) is 4.99 Å². The second-order valence-corrected chi connectivity index (χ2v) is 5.53. The first kappa shape index (κ1) is 15.8. The lowest BCUT2D eigenvalue weighted by atomic mass is 10.1. The first-order valence-corrected chi connectivity index (χ1v) is 7.02. The molecule has 3 N–H and O–H groups in total. The summed E-state index contributed by atoms with van der Waals surface area (Å²) in [4.78, 5) is 11.9. The van der Waals surface area contributed by atoms with Gasteiger partial charge in [-0.1, -0.05) is 25.1 Å². The van der Waals surface area contributed by atoms with E-state index in [0.29, 0.717) is 0 Å². The van der Waals surface area contributed by atoms with Crippen LogP contribution in [0.25, 0.3) is 0 Å². The Bertz CT molecular complexity index is 566. The Hall–Kier alpha value is -1.63. The third-order valence-electron chi connectivity index (χ3n) is 3.60. The average Bonchev–Trinajstić information content (AvgIpc) is 2.91. The van der Waals surface area contributed by atoms with Crippen LogP contribution in [0.4, 0.5) is 18.9 Å². The first-order valence-electron chi connectivity index (χ1n) is 6.61. The quantitative estimate of drug-likeness (QED) is 0.840. The number of thiocarbonyl (C=S) groups is 1. The van der Waals surface area contributed by atoms with Crippen LogP contribution in [0.5, 0.6) is 0 Å². The Morgan fingerprint density at radius 3 is 2.43 bits per heavy atom. The van der Waals surface area contributed by atoms with Gasteiger partial charge in [-0.2, -0.15) is 13.2 Å². The lowest BCUT2D eigenvalue weighted by Gasteiger charge is -2.15. The summed E-state index contributed by atoms with van der Waals surface area (Å²) in [6.45, 7) is 0. The predicted molar refractivity (Wildman–Crippen MR) is 77.9 cm³/mol. The van der Waals surface area contributed by atoms with Crippen LogP contribution in [-0.2, 0) is 11.0 Å². The van der Waals surface area contributed by atoms with E-state index in [0.717, 1.165) is 37.8 Å². The third-order valence-corrected chi connectivity index (χ3v) is 3.82. The molecule has 1 amide bonds. The number of alkyl halides is 3. The van der Waals surface area contributed by atoms with Gasteiger partial charge in [-0.3, -0.25) is 4.79 Å². The van der Waals surface area contributed by atoms with E-state index in [9.17, 15) is 18.0 Å². The molecule has 1 aromatic rings. The summed E-state index contributed by atoms with van der Waals surface area (Å²) < 4.78 is 38.1. The number of carbonyl (C=O) groups is 1. The third kappa shape index (κ3) is 3.72. The molecular weight excluding hydrogens is 301 g/mol. The molecule has 1 fully saturated rings. The SMILES string of the molecule is NC(=S)c1cc(C(F)(F)F)ccc1NC(=O)C1CCCC1. The van der Waals surface area contributed by atoms with E-state index in [1.165, 1.54) is 6.07 Å². The van der Waals surface area contributed by atoms with E-state index >= 15 is 0 Å². The smallest absolute Gasteiger partial charge is 0.389 e. The van der Waals surface area contributed by atoms with Crippen LogP contribution in [-0.4, -0.2) is 10.9 Å². The number of amides is 1. The molecule has 0 saturated heterocycles. The van der Waals surface area contributed by atoms with Crippen molar-refractivity contribution in [3.63, 3.8) is 0 Å². The molecule has 1 aromatic carbocycles. The van der Waals surface area contributed by atoms with E-state index in [1.54, 1.807) is 0 Å². The largest absolute Gasteiger partial charge is 0.416 e. The van der Waals surface area contributed by atoms with Gasteiger partial charge in [0.2, 0.25) is 5.91 Å². The molecule has 0 unspecified atom stereocenters. The van der Waals surface area contributed by atoms with Crippen molar-refractivity contribution >= 4 is 28.8 Å². The number of carbonyl (C=O) groups excluding carboxylic acids is 1. The van der Waals surface area contributed by atoms with Crippen LogP contribution in [0.1, 0.15) is 36.8 Å². The molecule has 0 atom stereocenters. The fraction of sp³-hybridized carbons (Fsp3) is 0.429. The summed E-state index contributed by atoms with van der Waals surface area (Å²) in [6, 6.07) is 2.97. The second kappa shape index (κ2) is 6.01. The van der Waals surface area contributed by atoms with Crippen LogP contribution in [0.2, 0.25) is 0 Å². The molecule has 3 nitrogen and oxygen atoms in total. The van der Waals surface area contributed by atoms with Crippen molar-refractivity contribution in [1.82, 2.24) is 0 Å². The summed E-state index contributed by atoms with van der Waals surface area (Å²) in [5, 5.41) is 2.64. The van der Waals surface area contributed by atoms with Crippen LogP contribution in [0, 0.1) is 5.92 Å².